The van der Waals surface area contributed by atoms with E-state index >= 15 is 0 Å². The second kappa shape index (κ2) is 8.18. The van der Waals surface area contributed by atoms with Gasteiger partial charge in [0.25, 0.3) is 0 Å². The number of carbonyl (C=O) groups is 1. The Morgan fingerprint density at radius 3 is 2.67 bits per heavy atom. The Morgan fingerprint density at radius 1 is 1.19 bits per heavy atom. The number of hydrogen-bond acceptors (Lipinski definition) is 5. The molecule has 0 amide bonds. The second-order valence-electron chi connectivity index (χ2n) is 5.75. The summed E-state index contributed by atoms with van der Waals surface area (Å²) in [6.07, 6.45) is 0. The number of carbonyl (C=O) groups excluding carboxylic acids is 1. The van der Waals surface area contributed by atoms with Crippen LogP contribution in [-0.2, 0) is 4.74 Å². The summed E-state index contributed by atoms with van der Waals surface area (Å²) in [5, 5.41) is 4.50. The number of nitrogens with zero attached hydrogens (tertiary/aromatic N) is 3. The van der Waals surface area contributed by atoms with Gasteiger partial charge in [-0.15, -0.1) is 0 Å². The summed E-state index contributed by atoms with van der Waals surface area (Å²) in [4.78, 5) is 16.5. The standard InChI is InChI=1S/C19H17ClFN3O3/c1-12-11-13(2)24(23-12)17-8-7-14(20)18(22-17)19(25)27-10-9-26-16-6-4-3-5-15(16)21/h3-8,11H,9-10H2,1-2H3. The molecule has 140 valence electrons. The lowest BCUT2D eigenvalue weighted by Crippen LogP contribution is -2.15. The van der Waals surface area contributed by atoms with Gasteiger partial charge in [-0.25, -0.2) is 18.9 Å². The van der Waals surface area contributed by atoms with Crippen LogP contribution in [0.25, 0.3) is 5.82 Å². The number of aromatic nitrogens is 3. The van der Waals surface area contributed by atoms with E-state index in [2.05, 4.69) is 10.1 Å². The first-order chi connectivity index (χ1) is 13.0. The molecule has 0 fully saturated rings. The Hall–Kier alpha value is -2.93. The van der Waals surface area contributed by atoms with Gasteiger partial charge in [0.1, 0.15) is 13.2 Å². The van der Waals surface area contributed by atoms with Gasteiger partial charge >= 0.3 is 5.97 Å². The topological polar surface area (TPSA) is 66.2 Å². The van der Waals surface area contributed by atoms with E-state index in [-0.39, 0.29) is 29.7 Å². The Bertz CT molecular complexity index is 975. The Balaban J connectivity index is 1.65. The minimum absolute atomic E-state index is 0.00143. The molecule has 0 aliphatic rings. The van der Waals surface area contributed by atoms with Crippen LogP contribution < -0.4 is 4.74 Å². The first-order valence-corrected chi connectivity index (χ1v) is 8.58. The highest BCUT2D eigenvalue weighted by molar-refractivity contribution is 6.33. The fraction of sp³-hybridized carbons (Fsp3) is 0.211. The fourth-order valence-electron chi connectivity index (χ4n) is 2.47. The third-order valence-electron chi connectivity index (χ3n) is 3.66. The van der Waals surface area contributed by atoms with E-state index in [4.69, 9.17) is 21.1 Å². The molecule has 0 aliphatic heterocycles. The molecule has 0 saturated carbocycles. The fourth-order valence-corrected chi connectivity index (χ4v) is 2.65. The minimum atomic E-state index is -0.694. The molecule has 0 bridgehead atoms. The highest BCUT2D eigenvalue weighted by atomic mass is 35.5. The zero-order valence-corrected chi connectivity index (χ0v) is 15.5. The van der Waals surface area contributed by atoms with Crippen LogP contribution >= 0.6 is 11.6 Å². The molecule has 0 aliphatic carbocycles. The van der Waals surface area contributed by atoms with Crippen LogP contribution in [0.15, 0.2) is 42.5 Å². The first kappa shape index (κ1) is 18.8. The summed E-state index contributed by atoms with van der Waals surface area (Å²) in [6, 6.07) is 11.1. The van der Waals surface area contributed by atoms with Crippen LogP contribution in [-0.4, -0.2) is 33.9 Å². The number of benzene rings is 1. The quantitative estimate of drug-likeness (QED) is 0.472. The van der Waals surface area contributed by atoms with E-state index in [1.54, 1.807) is 28.9 Å². The molecule has 6 nitrogen and oxygen atoms in total. The van der Waals surface area contributed by atoms with E-state index in [1.807, 2.05) is 19.9 Å². The molecule has 2 aromatic heterocycles. The molecule has 0 saturated heterocycles. The molecule has 0 N–H and O–H groups in total. The summed E-state index contributed by atoms with van der Waals surface area (Å²) in [5.74, 6) is -0.623. The predicted octanol–water partition coefficient (Wildman–Crippen LogP) is 3.91. The lowest BCUT2D eigenvalue weighted by Gasteiger charge is -2.10. The highest BCUT2D eigenvalue weighted by Crippen LogP contribution is 2.19. The van der Waals surface area contributed by atoms with Crippen molar-refractivity contribution in [3.8, 4) is 11.6 Å². The third kappa shape index (κ3) is 4.43. The van der Waals surface area contributed by atoms with Crippen molar-refractivity contribution in [2.75, 3.05) is 13.2 Å². The summed E-state index contributed by atoms with van der Waals surface area (Å²) in [7, 11) is 0. The Morgan fingerprint density at radius 2 is 1.96 bits per heavy atom. The van der Waals surface area contributed by atoms with E-state index < -0.39 is 11.8 Å². The van der Waals surface area contributed by atoms with Crippen LogP contribution in [0.1, 0.15) is 21.9 Å². The van der Waals surface area contributed by atoms with Crippen molar-refractivity contribution in [1.29, 1.82) is 0 Å². The molecule has 3 rings (SSSR count). The molecule has 0 atom stereocenters. The molecule has 0 radical (unpaired) electrons. The van der Waals surface area contributed by atoms with Crippen LogP contribution in [0.3, 0.4) is 0 Å². The number of halogens is 2. The minimum Gasteiger partial charge on any atom is -0.487 e. The maximum atomic E-state index is 13.5. The average molecular weight is 390 g/mol. The largest absolute Gasteiger partial charge is 0.487 e. The summed E-state index contributed by atoms with van der Waals surface area (Å²) < 4.78 is 25.5. The normalized spacial score (nSPS) is 10.7. The van der Waals surface area contributed by atoms with Gasteiger partial charge in [-0.1, -0.05) is 23.7 Å². The molecule has 0 spiro atoms. The molecule has 27 heavy (non-hydrogen) atoms. The summed E-state index contributed by atoms with van der Waals surface area (Å²) >= 11 is 6.08. The molecular weight excluding hydrogens is 373 g/mol. The van der Waals surface area contributed by atoms with E-state index in [1.165, 1.54) is 12.1 Å². The van der Waals surface area contributed by atoms with Crippen molar-refractivity contribution < 1.29 is 18.7 Å². The lowest BCUT2D eigenvalue weighted by molar-refractivity contribution is 0.0442. The van der Waals surface area contributed by atoms with Crippen molar-refractivity contribution in [1.82, 2.24) is 14.8 Å². The molecule has 8 heteroatoms. The average Bonchev–Trinajstić information content (AvgIpc) is 2.98. The zero-order valence-electron chi connectivity index (χ0n) is 14.8. The predicted molar refractivity (Wildman–Crippen MR) is 98.0 cm³/mol. The number of rotatable bonds is 6. The number of hydrogen-bond donors (Lipinski definition) is 0. The van der Waals surface area contributed by atoms with Crippen LogP contribution in [0.4, 0.5) is 4.39 Å². The van der Waals surface area contributed by atoms with E-state index in [0.717, 1.165) is 11.4 Å². The number of para-hydroxylation sites is 1. The van der Waals surface area contributed by atoms with Gasteiger partial charge < -0.3 is 9.47 Å². The zero-order chi connectivity index (χ0) is 19.4. The molecule has 3 aromatic rings. The maximum Gasteiger partial charge on any atom is 0.358 e. The third-order valence-corrected chi connectivity index (χ3v) is 3.97. The van der Waals surface area contributed by atoms with Gasteiger partial charge in [-0.2, -0.15) is 5.10 Å². The first-order valence-electron chi connectivity index (χ1n) is 8.20. The van der Waals surface area contributed by atoms with Crippen LogP contribution in [0.2, 0.25) is 5.02 Å². The number of aryl methyl sites for hydroxylation is 2. The van der Waals surface area contributed by atoms with Crippen LogP contribution in [0.5, 0.6) is 5.75 Å². The lowest BCUT2D eigenvalue weighted by atomic mass is 10.3. The van der Waals surface area contributed by atoms with E-state index in [9.17, 15) is 9.18 Å². The maximum absolute atomic E-state index is 13.5. The van der Waals surface area contributed by atoms with Crippen molar-refractivity contribution in [2.24, 2.45) is 0 Å². The Labute approximate surface area is 160 Å². The van der Waals surface area contributed by atoms with Crippen molar-refractivity contribution in [3.05, 3.63) is 70.4 Å². The van der Waals surface area contributed by atoms with Gasteiger partial charge in [0.15, 0.2) is 23.1 Å². The molecule has 2 heterocycles. The molecule has 1 aromatic carbocycles. The SMILES string of the molecule is Cc1cc(C)n(-c2ccc(Cl)c(C(=O)OCCOc3ccccc3F)n2)n1. The molecule has 0 unspecified atom stereocenters. The smallest absolute Gasteiger partial charge is 0.358 e. The number of ether oxygens (including phenoxy) is 2. The van der Waals surface area contributed by atoms with Gasteiger partial charge in [0, 0.05) is 5.69 Å². The molecular formula is C19H17ClFN3O3. The number of esters is 1. The summed E-state index contributed by atoms with van der Waals surface area (Å²) in [6.45, 7) is 3.68. The van der Waals surface area contributed by atoms with Gasteiger partial charge in [0.05, 0.1) is 10.7 Å². The van der Waals surface area contributed by atoms with E-state index in [0.29, 0.717) is 5.82 Å². The van der Waals surface area contributed by atoms with Gasteiger partial charge in [-0.3, -0.25) is 0 Å². The Kier molecular flexibility index (Phi) is 5.71. The van der Waals surface area contributed by atoms with Gasteiger partial charge in [0.2, 0.25) is 0 Å². The van der Waals surface area contributed by atoms with Gasteiger partial charge in [-0.05, 0) is 44.2 Å². The van der Waals surface area contributed by atoms with Crippen LogP contribution in [0, 0.1) is 19.7 Å². The van der Waals surface area contributed by atoms with Crippen molar-refractivity contribution in [2.45, 2.75) is 13.8 Å². The summed E-state index contributed by atoms with van der Waals surface area (Å²) in [5.41, 5.74) is 1.69. The van der Waals surface area contributed by atoms with Crippen molar-refractivity contribution >= 4 is 17.6 Å². The second-order valence-corrected chi connectivity index (χ2v) is 6.16. The number of pyridine rings is 1. The van der Waals surface area contributed by atoms with Crippen molar-refractivity contribution in [3.63, 3.8) is 0 Å². The highest BCUT2D eigenvalue weighted by Gasteiger charge is 2.17. The monoisotopic (exact) mass is 389 g/mol.